The molecule has 0 rings (SSSR count). The summed E-state index contributed by atoms with van der Waals surface area (Å²) in [5.41, 5.74) is 0. The molecule has 0 aromatic carbocycles. The molecule has 0 amide bonds. The summed E-state index contributed by atoms with van der Waals surface area (Å²) in [5, 5.41) is 17.5. The molecule has 2 unspecified atom stereocenters. The van der Waals surface area contributed by atoms with Crippen LogP contribution in [0.2, 0.25) is 0 Å². The summed E-state index contributed by atoms with van der Waals surface area (Å²) in [6, 6.07) is 0. The summed E-state index contributed by atoms with van der Waals surface area (Å²) in [6.45, 7) is 8.71. The number of hydrogen-bond donors (Lipinski definition) is 2. The van der Waals surface area contributed by atoms with E-state index in [1.807, 2.05) is 0 Å². The number of carbonyl (C=O) groups is 2. The Morgan fingerprint density at radius 3 is 1.25 bits per heavy atom. The number of carboxylic acid groups (broad SMARTS) is 2. The van der Waals surface area contributed by atoms with Crippen LogP contribution in [0.15, 0.2) is 0 Å². The summed E-state index contributed by atoms with van der Waals surface area (Å²) in [5.74, 6) is 0.479. The van der Waals surface area contributed by atoms with Gasteiger partial charge in [0, 0.05) is 12.8 Å². The fourth-order valence-electron chi connectivity index (χ4n) is 3.06. The highest BCUT2D eigenvalue weighted by Gasteiger charge is 2.26. The molecule has 0 radical (unpaired) electrons. The summed E-state index contributed by atoms with van der Waals surface area (Å²) in [4.78, 5) is 21.3. The van der Waals surface area contributed by atoms with Crippen LogP contribution in [-0.2, 0) is 9.59 Å². The molecule has 0 aliphatic heterocycles. The van der Waals surface area contributed by atoms with Gasteiger partial charge in [0.25, 0.3) is 0 Å². The maximum absolute atomic E-state index is 10.6. The first-order chi connectivity index (χ1) is 9.25. The van der Waals surface area contributed by atoms with Crippen LogP contribution in [0.5, 0.6) is 0 Å². The molecular weight excluding hydrogens is 256 g/mol. The van der Waals surface area contributed by atoms with Gasteiger partial charge in [-0.25, -0.2) is 0 Å². The first-order valence-corrected chi connectivity index (χ1v) is 7.69. The Morgan fingerprint density at radius 1 is 0.750 bits per heavy atom. The minimum Gasteiger partial charge on any atom is -0.481 e. The van der Waals surface area contributed by atoms with Gasteiger partial charge in [0.2, 0.25) is 0 Å². The number of carboxylic acids is 2. The third-order valence-corrected chi connectivity index (χ3v) is 4.12. The van der Waals surface area contributed by atoms with Gasteiger partial charge in [-0.05, 0) is 49.4 Å². The van der Waals surface area contributed by atoms with Crippen LogP contribution in [0.25, 0.3) is 0 Å². The Balaban J connectivity index is 4.52. The highest BCUT2D eigenvalue weighted by Crippen LogP contribution is 2.35. The third kappa shape index (κ3) is 8.18. The smallest absolute Gasteiger partial charge is 0.303 e. The molecule has 0 heterocycles. The standard InChI is InChI=1S/C16H30O4/c1-11(2)13(7-5-9-15(17)18)14(12(3)4)8-6-10-16(19)20/h11-14H,5-10H2,1-4H3,(H,17,18)(H,19,20). The predicted octanol–water partition coefficient (Wildman–Crippen LogP) is 4.04. The summed E-state index contributed by atoms with van der Waals surface area (Å²) in [6.07, 6.45) is 3.70. The van der Waals surface area contributed by atoms with Crippen molar-refractivity contribution in [3.05, 3.63) is 0 Å². The minimum atomic E-state index is -0.737. The van der Waals surface area contributed by atoms with Crippen molar-refractivity contribution < 1.29 is 19.8 Å². The van der Waals surface area contributed by atoms with Crippen LogP contribution >= 0.6 is 0 Å². The lowest BCUT2D eigenvalue weighted by atomic mass is 9.72. The van der Waals surface area contributed by atoms with E-state index in [0.29, 0.717) is 36.5 Å². The molecule has 4 heteroatoms. The molecule has 4 nitrogen and oxygen atoms in total. The largest absolute Gasteiger partial charge is 0.481 e. The highest BCUT2D eigenvalue weighted by atomic mass is 16.4. The van der Waals surface area contributed by atoms with E-state index in [9.17, 15) is 9.59 Å². The number of aliphatic carboxylic acids is 2. The fourth-order valence-corrected chi connectivity index (χ4v) is 3.06. The molecule has 118 valence electrons. The molecule has 0 saturated carbocycles. The molecule has 2 atom stereocenters. The lowest BCUT2D eigenvalue weighted by Crippen LogP contribution is -2.25. The van der Waals surface area contributed by atoms with Gasteiger partial charge in [-0.2, -0.15) is 0 Å². The third-order valence-electron chi connectivity index (χ3n) is 4.12. The van der Waals surface area contributed by atoms with E-state index in [1.54, 1.807) is 0 Å². The first kappa shape index (κ1) is 18.9. The second kappa shape index (κ2) is 9.78. The minimum absolute atomic E-state index is 0.225. The molecule has 2 N–H and O–H groups in total. The van der Waals surface area contributed by atoms with E-state index in [2.05, 4.69) is 27.7 Å². The molecule has 0 saturated heterocycles. The first-order valence-electron chi connectivity index (χ1n) is 7.69. The SMILES string of the molecule is CC(C)C(CCCC(=O)O)C(CCCC(=O)O)C(C)C. The maximum atomic E-state index is 10.6. The molecular formula is C16H30O4. The number of rotatable bonds is 11. The van der Waals surface area contributed by atoms with E-state index in [0.717, 1.165) is 12.8 Å². The zero-order valence-electron chi connectivity index (χ0n) is 13.3. The summed E-state index contributed by atoms with van der Waals surface area (Å²) >= 11 is 0. The van der Waals surface area contributed by atoms with Crippen LogP contribution in [-0.4, -0.2) is 22.2 Å². The Morgan fingerprint density at radius 2 is 1.05 bits per heavy atom. The van der Waals surface area contributed by atoms with Crippen molar-refractivity contribution in [1.82, 2.24) is 0 Å². The summed E-state index contributed by atoms with van der Waals surface area (Å²) in [7, 11) is 0. The molecule has 0 aliphatic rings. The van der Waals surface area contributed by atoms with Gasteiger partial charge in [0.15, 0.2) is 0 Å². The van der Waals surface area contributed by atoms with Crippen LogP contribution < -0.4 is 0 Å². The second-order valence-corrected chi connectivity index (χ2v) is 6.39. The monoisotopic (exact) mass is 286 g/mol. The Labute approximate surface area is 122 Å². The Hall–Kier alpha value is -1.06. The highest BCUT2D eigenvalue weighted by molar-refractivity contribution is 5.66. The van der Waals surface area contributed by atoms with Gasteiger partial charge in [0.1, 0.15) is 0 Å². The Bertz CT molecular complexity index is 267. The summed E-state index contributed by atoms with van der Waals surface area (Å²) < 4.78 is 0. The van der Waals surface area contributed by atoms with Gasteiger partial charge < -0.3 is 10.2 Å². The van der Waals surface area contributed by atoms with Crippen molar-refractivity contribution in [1.29, 1.82) is 0 Å². The van der Waals surface area contributed by atoms with E-state index in [-0.39, 0.29) is 12.8 Å². The molecule has 0 aliphatic carbocycles. The lowest BCUT2D eigenvalue weighted by Gasteiger charge is -2.33. The van der Waals surface area contributed by atoms with E-state index >= 15 is 0 Å². The normalized spacial score (nSPS) is 14.5. The zero-order valence-corrected chi connectivity index (χ0v) is 13.3. The fraction of sp³-hybridized carbons (Fsp3) is 0.875. The predicted molar refractivity (Wildman–Crippen MR) is 79.6 cm³/mol. The molecule has 20 heavy (non-hydrogen) atoms. The second-order valence-electron chi connectivity index (χ2n) is 6.39. The van der Waals surface area contributed by atoms with Gasteiger partial charge in [-0.1, -0.05) is 27.7 Å². The average Bonchev–Trinajstić information content (AvgIpc) is 2.29. The Kier molecular flexibility index (Phi) is 9.26. The molecule has 0 bridgehead atoms. The van der Waals surface area contributed by atoms with Crippen molar-refractivity contribution in [2.24, 2.45) is 23.7 Å². The number of hydrogen-bond acceptors (Lipinski definition) is 2. The molecule has 0 fully saturated rings. The molecule has 0 spiro atoms. The lowest BCUT2D eigenvalue weighted by molar-refractivity contribution is -0.138. The van der Waals surface area contributed by atoms with Crippen LogP contribution in [0.4, 0.5) is 0 Å². The van der Waals surface area contributed by atoms with Gasteiger partial charge >= 0.3 is 11.9 Å². The van der Waals surface area contributed by atoms with E-state index in [4.69, 9.17) is 10.2 Å². The zero-order chi connectivity index (χ0) is 15.7. The maximum Gasteiger partial charge on any atom is 0.303 e. The van der Waals surface area contributed by atoms with Gasteiger partial charge in [-0.15, -0.1) is 0 Å². The molecule has 0 aromatic heterocycles. The van der Waals surface area contributed by atoms with E-state index < -0.39 is 11.9 Å². The van der Waals surface area contributed by atoms with Gasteiger partial charge in [0.05, 0.1) is 0 Å². The van der Waals surface area contributed by atoms with Crippen molar-refractivity contribution in [3.8, 4) is 0 Å². The van der Waals surface area contributed by atoms with Crippen molar-refractivity contribution in [2.45, 2.75) is 66.2 Å². The van der Waals surface area contributed by atoms with Gasteiger partial charge in [-0.3, -0.25) is 9.59 Å². The quantitative estimate of drug-likeness (QED) is 0.601. The van der Waals surface area contributed by atoms with Crippen LogP contribution in [0.3, 0.4) is 0 Å². The van der Waals surface area contributed by atoms with Crippen LogP contribution in [0, 0.1) is 23.7 Å². The van der Waals surface area contributed by atoms with Crippen molar-refractivity contribution in [2.75, 3.05) is 0 Å². The van der Waals surface area contributed by atoms with Crippen molar-refractivity contribution in [3.63, 3.8) is 0 Å². The average molecular weight is 286 g/mol. The van der Waals surface area contributed by atoms with E-state index in [1.165, 1.54) is 0 Å². The molecule has 0 aromatic rings. The van der Waals surface area contributed by atoms with Crippen molar-refractivity contribution >= 4 is 11.9 Å². The van der Waals surface area contributed by atoms with Crippen LogP contribution in [0.1, 0.15) is 66.2 Å². The topological polar surface area (TPSA) is 74.6 Å².